The summed E-state index contributed by atoms with van der Waals surface area (Å²) in [5, 5.41) is 10.6. The Morgan fingerprint density at radius 1 is 1.37 bits per heavy atom. The summed E-state index contributed by atoms with van der Waals surface area (Å²) < 4.78 is 39.5. The fourth-order valence-electron chi connectivity index (χ4n) is 1.75. The molecule has 0 aliphatic heterocycles. The monoisotopic (exact) mass is 292 g/mol. The predicted molar refractivity (Wildman–Crippen MR) is 65.2 cm³/mol. The molecule has 0 unspecified atom stereocenters. The summed E-state index contributed by atoms with van der Waals surface area (Å²) in [6, 6.07) is 0.864. The fourth-order valence-corrected chi connectivity index (χ4v) is 1.99. The maximum absolute atomic E-state index is 12.7. The van der Waals surface area contributed by atoms with E-state index in [2.05, 4.69) is 15.5 Å². The van der Waals surface area contributed by atoms with E-state index in [9.17, 15) is 13.2 Å². The van der Waals surface area contributed by atoms with Crippen LogP contribution in [0.3, 0.4) is 0 Å². The van der Waals surface area contributed by atoms with Gasteiger partial charge in [0.2, 0.25) is 0 Å². The molecule has 0 aliphatic rings. The molecule has 0 saturated heterocycles. The average Bonchev–Trinajstić information content (AvgIpc) is 2.72. The largest absolute Gasteiger partial charge is 0.417 e. The molecule has 4 nitrogen and oxygen atoms in total. The molecule has 0 fully saturated rings. The number of hydrogen-bond acceptors (Lipinski definition) is 3. The molecule has 0 saturated carbocycles. The van der Waals surface area contributed by atoms with Gasteiger partial charge in [0.05, 0.1) is 10.6 Å². The third-order valence-corrected chi connectivity index (χ3v) is 2.96. The van der Waals surface area contributed by atoms with Gasteiger partial charge in [-0.1, -0.05) is 11.6 Å². The number of fused-ring (bicyclic) bond motifs is 1. The van der Waals surface area contributed by atoms with Gasteiger partial charge in [0, 0.05) is 12.6 Å². The lowest BCUT2D eigenvalue weighted by Gasteiger charge is -2.08. The molecule has 0 aliphatic carbocycles. The lowest BCUT2D eigenvalue weighted by atomic mass is 10.2. The highest BCUT2D eigenvalue weighted by Gasteiger charge is 2.32. The van der Waals surface area contributed by atoms with Gasteiger partial charge >= 0.3 is 6.18 Å². The van der Waals surface area contributed by atoms with E-state index in [-0.39, 0.29) is 10.7 Å². The van der Waals surface area contributed by atoms with Crippen molar-refractivity contribution in [2.75, 3.05) is 13.6 Å². The molecular weight excluding hydrogens is 281 g/mol. The van der Waals surface area contributed by atoms with Crippen molar-refractivity contribution in [2.24, 2.45) is 0 Å². The van der Waals surface area contributed by atoms with Crippen LogP contribution < -0.4 is 5.32 Å². The van der Waals surface area contributed by atoms with Gasteiger partial charge in [-0.05, 0) is 26.1 Å². The van der Waals surface area contributed by atoms with Gasteiger partial charge in [-0.25, -0.2) is 0 Å². The van der Waals surface area contributed by atoms with Gasteiger partial charge in [-0.3, -0.25) is 4.40 Å². The second-order valence-electron chi connectivity index (χ2n) is 4.09. The Balaban J connectivity index is 2.42. The van der Waals surface area contributed by atoms with E-state index in [1.807, 2.05) is 0 Å². The minimum atomic E-state index is -4.44. The van der Waals surface area contributed by atoms with Crippen LogP contribution in [0.4, 0.5) is 13.2 Å². The predicted octanol–water partition coefficient (Wildman–Crippen LogP) is 2.55. The van der Waals surface area contributed by atoms with Crippen molar-refractivity contribution >= 4 is 17.2 Å². The summed E-state index contributed by atoms with van der Waals surface area (Å²) in [6.07, 6.45) is -2.18. The zero-order valence-electron chi connectivity index (χ0n) is 10.1. The molecular formula is C11H12ClF3N4. The molecule has 19 heavy (non-hydrogen) atoms. The van der Waals surface area contributed by atoms with E-state index in [0.29, 0.717) is 12.2 Å². The summed E-state index contributed by atoms with van der Waals surface area (Å²) in [7, 11) is 1.81. The first kappa shape index (κ1) is 14.1. The van der Waals surface area contributed by atoms with Crippen molar-refractivity contribution in [3.8, 4) is 0 Å². The molecule has 104 valence electrons. The van der Waals surface area contributed by atoms with Crippen LogP contribution in [0.15, 0.2) is 12.3 Å². The molecule has 0 aromatic carbocycles. The van der Waals surface area contributed by atoms with Gasteiger partial charge in [0.15, 0.2) is 5.65 Å². The zero-order valence-corrected chi connectivity index (χ0v) is 10.9. The Kier molecular flexibility index (Phi) is 3.96. The minimum Gasteiger partial charge on any atom is -0.320 e. The van der Waals surface area contributed by atoms with Crippen LogP contribution in [0, 0.1) is 0 Å². The quantitative estimate of drug-likeness (QED) is 0.881. The first-order valence-corrected chi connectivity index (χ1v) is 6.06. The van der Waals surface area contributed by atoms with Crippen molar-refractivity contribution in [2.45, 2.75) is 19.0 Å². The summed E-state index contributed by atoms with van der Waals surface area (Å²) >= 11 is 5.81. The highest BCUT2D eigenvalue weighted by atomic mass is 35.5. The summed E-state index contributed by atoms with van der Waals surface area (Å²) in [5.41, 5.74) is -0.561. The molecule has 2 heterocycles. The number of nitrogens with one attached hydrogen (secondary N) is 1. The van der Waals surface area contributed by atoms with Crippen LogP contribution in [0.5, 0.6) is 0 Å². The molecule has 0 bridgehead atoms. The number of hydrogen-bond donors (Lipinski definition) is 1. The van der Waals surface area contributed by atoms with Crippen LogP contribution in [0.1, 0.15) is 17.8 Å². The molecule has 0 amide bonds. The number of halogens is 4. The normalized spacial score (nSPS) is 12.3. The van der Waals surface area contributed by atoms with E-state index in [0.717, 1.165) is 25.2 Å². The third kappa shape index (κ3) is 2.98. The lowest BCUT2D eigenvalue weighted by Crippen LogP contribution is -2.10. The summed E-state index contributed by atoms with van der Waals surface area (Å²) in [5.74, 6) is 0.471. The summed E-state index contributed by atoms with van der Waals surface area (Å²) in [6.45, 7) is 0.752. The van der Waals surface area contributed by atoms with E-state index >= 15 is 0 Å². The summed E-state index contributed by atoms with van der Waals surface area (Å²) in [4.78, 5) is 0. The lowest BCUT2D eigenvalue weighted by molar-refractivity contribution is -0.137. The van der Waals surface area contributed by atoms with Crippen molar-refractivity contribution in [3.63, 3.8) is 0 Å². The standard InChI is InChI=1S/C11H12ClF3N4/c1-16-4-2-3-9-17-18-10-8(12)5-7(6-19(9)10)11(13,14)15/h5-6,16H,2-4H2,1H3. The third-order valence-electron chi connectivity index (χ3n) is 2.68. The second-order valence-corrected chi connectivity index (χ2v) is 4.50. The van der Waals surface area contributed by atoms with Crippen LogP contribution in [0.2, 0.25) is 5.02 Å². The topological polar surface area (TPSA) is 42.2 Å². The molecule has 1 N–H and O–H groups in total. The first-order valence-electron chi connectivity index (χ1n) is 5.68. The van der Waals surface area contributed by atoms with E-state index < -0.39 is 11.7 Å². The fraction of sp³-hybridized carbons (Fsp3) is 0.455. The van der Waals surface area contributed by atoms with Crippen molar-refractivity contribution in [1.82, 2.24) is 19.9 Å². The Bertz CT molecular complexity index is 579. The SMILES string of the molecule is CNCCCc1nnc2c(Cl)cc(C(F)(F)F)cn12. The number of aryl methyl sites for hydroxylation is 1. The Hall–Kier alpha value is -1.34. The Morgan fingerprint density at radius 2 is 2.11 bits per heavy atom. The highest BCUT2D eigenvalue weighted by Crippen LogP contribution is 2.32. The number of pyridine rings is 1. The van der Waals surface area contributed by atoms with Crippen LogP contribution in [0.25, 0.3) is 5.65 Å². The van der Waals surface area contributed by atoms with Crippen LogP contribution >= 0.6 is 11.6 Å². The number of rotatable bonds is 4. The Labute approximate surface area is 112 Å². The van der Waals surface area contributed by atoms with E-state index in [1.165, 1.54) is 4.40 Å². The smallest absolute Gasteiger partial charge is 0.320 e. The molecule has 2 aromatic heterocycles. The molecule has 0 radical (unpaired) electrons. The first-order chi connectivity index (χ1) is 8.93. The van der Waals surface area contributed by atoms with Gasteiger partial charge in [-0.15, -0.1) is 10.2 Å². The van der Waals surface area contributed by atoms with Crippen LogP contribution in [-0.2, 0) is 12.6 Å². The van der Waals surface area contributed by atoms with Gasteiger partial charge < -0.3 is 5.32 Å². The molecule has 2 aromatic rings. The van der Waals surface area contributed by atoms with Crippen molar-refractivity contribution < 1.29 is 13.2 Å². The number of nitrogens with zero attached hydrogens (tertiary/aromatic N) is 3. The zero-order chi connectivity index (χ0) is 14.0. The van der Waals surface area contributed by atoms with E-state index in [1.54, 1.807) is 7.05 Å². The second kappa shape index (κ2) is 5.34. The molecule has 0 atom stereocenters. The molecule has 8 heteroatoms. The number of alkyl halides is 3. The maximum Gasteiger partial charge on any atom is 0.417 e. The highest BCUT2D eigenvalue weighted by molar-refractivity contribution is 6.33. The van der Waals surface area contributed by atoms with Gasteiger partial charge in [0.1, 0.15) is 5.82 Å². The van der Waals surface area contributed by atoms with E-state index in [4.69, 9.17) is 11.6 Å². The van der Waals surface area contributed by atoms with Gasteiger partial charge in [-0.2, -0.15) is 13.2 Å². The number of aromatic nitrogens is 3. The van der Waals surface area contributed by atoms with Crippen LogP contribution in [-0.4, -0.2) is 28.2 Å². The Morgan fingerprint density at radius 3 is 2.74 bits per heavy atom. The molecule has 0 spiro atoms. The minimum absolute atomic E-state index is 0.0535. The van der Waals surface area contributed by atoms with Gasteiger partial charge in [0.25, 0.3) is 0 Å². The van der Waals surface area contributed by atoms with Crippen molar-refractivity contribution in [1.29, 1.82) is 0 Å². The maximum atomic E-state index is 12.7. The molecule has 2 rings (SSSR count). The van der Waals surface area contributed by atoms with Crippen molar-refractivity contribution in [3.05, 3.63) is 28.7 Å². The average molecular weight is 293 g/mol.